The van der Waals surface area contributed by atoms with Crippen molar-refractivity contribution in [3.63, 3.8) is 0 Å². The summed E-state index contributed by atoms with van der Waals surface area (Å²) in [6.07, 6.45) is 0. The molecule has 0 saturated carbocycles. The van der Waals surface area contributed by atoms with Gasteiger partial charge in [0.05, 0.1) is 11.1 Å². The summed E-state index contributed by atoms with van der Waals surface area (Å²) in [7, 11) is 0. The van der Waals surface area contributed by atoms with E-state index in [2.05, 4.69) is 15.9 Å². The molecule has 0 saturated heterocycles. The normalized spacial score (nSPS) is 8.67. The third-order valence-corrected chi connectivity index (χ3v) is 1.95. The van der Waals surface area contributed by atoms with Crippen LogP contribution >= 0.6 is 15.9 Å². The second kappa shape index (κ2) is 3.34. The molecule has 0 atom stereocenters. The van der Waals surface area contributed by atoms with E-state index >= 15 is 0 Å². The van der Waals surface area contributed by atoms with E-state index in [1.807, 2.05) is 0 Å². The van der Waals surface area contributed by atoms with Crippen LogP contribution in [0.15, 0.2) is 16.6 Å². The Morgan fingerprint density at radius 1 is 1.17 bits per heavy atom. The van der Waals surface area contributed by atoms with Crippen LogP contribution in [0.5, 0.6) is 0 Å². The van der Waals surface area contributed by atoms with Gasteiger partial charge in [-0.3, -0.25) is 0 Å². The van der Waals surface area contributed by atoms with Crippen LogP contribution in [0.4, 0.5) is 4.39 Å². The van der Waals surface area contributed by atoms with E-state index < -0.39 is 5.82 Å². The molecule has 1 aromatic rings. The second-order valence-electron chi connectivity index (χ2n) is 2.04. The minimum Gasteiger partial charge on any atom is -0.205 e. The Kier molecular flexibility index (Phi) is 2.42. The van der Waals surface area contributed by atoms with Crippen molar-refractivity contribution in [3.8, 4) is 12.1 Å². The van der Waals surface area contributed by atoms with Crippen molar-refractivity contribution in [2.75, 3.05) is 0 Å². The van der Waals surface area contributed by atoms with E-state index in [0.717, 1.165) is 6.07 Å². The van der Waals surface area contributed by atoms with E-state index in [1.165, 1.54) is 6.07 Å². The molecule has 1 aromatic carbocycles. The fourth-order valence-electron chi connectivity index (χ4n) is 0.718. The highest BCUT2D eigenvalue weighted by Crippen LogP contribution is 2.19. The van der Waals surface area contributed by atoms with Crippen LogP contribution in [0.2, 0.25) is 0 Å². The average Bonchev–Trinajstić information content (AvgIpc) is 2.08. The number of hydrogen-bond donors (Lipinski definition) is 0. The number of benzene rings is 1. The Morgan fingerprint density at radius 3 is 2.25 bits per heavy atom. The lowest BCUT2D eigenvalue weighted by atomic mass is 10.1. The molecule has 0 bridgehead atoms. The molecule has 1 rings (SSSR count). The Labute approximate surface area is 77.0 Å². The van der Waals surface area contributed by atoms with Crippen molar-refractivity contribution in [2.24, 2.45) is 0 Å². The van der Waals surface area contributed by atoms with Gasteiger partial charge in [0.1, 0.15) is 18.0 Å². The Morgan fingerprint density at radius 2 is 1.75 bits per heavy atom. The molecular weight excluding hydrogens is 223 g/mol. The van der Waals surface area contributed by atoms with Gasteiger partial charge in [-0.1, -0.05) is 0 Å². The predicted molar refractivity (Wildman–Crippen MR) is 43.5 cm³/mol. The second-order valence-corrected chi connectivity index (χ2v) is 2.89. The molecule has 2 nitrogen and oxygen atoms in total. The first-order chi connectivity index (χ1) is 5.69. The van der Waals surface area contributed by atoms with Crippen molar-refractivity contribution in [1.29, 1.82) is 10.5 Å². The van der Waals surface area contributed by atoms with Crippen LogP contribution in [0.25, 0.3) is 0 Å². The molecule has 0 fully saturated rings. The first-order valence-corrected chi connectivity index (χ1v) is 3.77. The van der Waals surface area contributed by atoms with Gasteiger partial charge in [0, 0.05) is 4.47 Å². The molecular formula is C8H2BrFN2. The van der Waals surface area contributed by atoms with Crippen LogP contribution in [-0.4, -0.2) is 0 Å². The lowest BCUT2D eigenvalue weighted by Crippen LogP contribution is -1.86. The molecule has 0 unspecified atom stereocenters. The molecule has 0 N–H and O–H groups in total. The third kappa shape index (κ3) is 1.44. The number of nitrogens with zero attached hydrogens (tertiary/aromatic N) is 2. The number of hydrogen-bond acceptors (Lipinski definition) is 2. The van der Waals surface area contributed by atoms with E-state index in [1.54, 1.807) is 12.1 Å². The van der Waals surface area contributed by atoms with Crippen molar-refractivity contribution in [1.82, 2.24) is 0 Å². The Bertz CT molecular complexity index is 361. The van der Waals surface area contributed by atoms with Gasteiger partial charge in [0.2, 0.25) is 0 Å². The van der Waals surface area contributed by atoms with Crippen LogP contribution < -0.4 is 0 Å². The summed E-state index contributed by atoms with van der Waals surface area (Å²) in [6, 6.07) is 5.78. The monoisotopic (exact) mass is 224 g/mol. The lowest BCUT2D eigenvalue weighted by molar-refractivity contribution is 0.623. The molecule has 58 valence electrons. The van der Waals surface area contributed by atoms with Crippen LogP contribution in [-0.2, 0) is 0 Å². The van der Waals surface area contributed by atoms with Crippen molar-refractivity contribution in [3.05, 3.63) is 33.5 Å². The van der Waals surface area contributed by atoms with Gasteiger partial charge >= 0.3 is 0 Å². The van der Waals surface area contributed by atoms with Crippen molar-refractivity contribution in [2.45, 2.75) is 0 Å². The minimum atomic E-state index is -0.669. The molecule has 0 spiro atoms. The first-order valence-electron chi connectivity index (χ1n) is 2.98. The highest BCUT2D eigenvalue weighted by Gasteiger charge is 2.06. The van der Waals surface area contributed by atoms with Gasteiger partial charge in [-0.05, 0) is 28.1 Å². The fraction of sp³-hybridized carbons (Fsp3) is 0. The van der Waals surface area contributed by atoms with Crippen molar-refractivity contribution < 1.29 is 4.39 Å². The van der Waals surface area contributed by atoms with Crippen LogP contribution in [0, 0.1) is 28.5 Å². The van der Waals surface area contributed by atoms with Gasteiger partial charge < -0.3 is 0 Å². The van der Waals surface area contributed by atoms with Gasteiger partial charge in [0.25, 0.3) is 0 Å². The van der Waals surface area contributed by atoms with Crippen LogP contribution in [0.3, 0.4) is 0 Å². The highest BCUT2D eigenvalue weighted by atomic mass is 79.9. The molecule has 0 amide bonds. The highest BCUT2D eigenvalue weighted by molar-refractivity contribution is 9.10. The smallest absolute Gasteiger partial charge is 0.142 e. The zero-order valence-electron chi connectivity index (χ0n) is 5.81. The van der Waals surface area contributed by atoms with E-state index in [4.69, 9.17) is 10.5 Å². The average molecular weight is 225 g/mol. The van der Waals surface area contributed by atoms with Gasteiger partial charge in [-0.2, -0.15) is 10.5 Å². The number of nitriles is 2. The number of rotatable bonds is 0. The zero-order valence-corrected chi connectivity index (χ0v) is 7.39. The van der Waals surface area contributed by atoms with Crippen molar-refractivity contribution >= 4 is 15.9 Å². The molecule has 4 heteroatoms. The fourth-order valence-corrected chi connectivity index (χ4v) is 1.15. The molecule has 0 aliphatic heterocycles. The summed E-state index contributed by atoms with van der Waals surface area (Å²) in [4.78, 5) is 0. The minimum absolute atomic E-state index is 0.0686. The summed E-state index contributed by atoms with van der Waals surface area (Å²) in [5, 5.41) is 16.9. The Balaban J connectivity index is 3.41. The topological polar surface area (TPSA) is 47.6 Å². The maximum Gasteiger partial charge on any atom is 0.142 e. The first kappa shape index (κ1) is 8.70. The summed E-state index contributed by atoms with van der Waals surface area (Å²) >= 11 is 3.04. The van der Waals surface area contributed by atoms with E-state index in [-0.39, 0.29) is 11.1 Å². The molecule has 0 aromatic heterocycles. The number of halogens is 2. The van der Waals surface area contributed by atoms with E-state index in [9.17, 15) is 4.39 Å². The van der Waals surface area contributed by atoms with Gasteiger partial charge in [0.15, 0.2) is 0 Å². The maximum absolute atomic E-state index is 12.8. The maximum atomic E-state index is 12.8. The quantitative estimate of drug-likeness (QED) is 0.680. The Hall–Kier alpha value is -1.39. The summed E-state index contributed by atoms with van der Waals surface area (Å²) in [5.74, 6) is -0.669. The van der Waals surface area contributed by atoms with Crippen LogP contribution in [0.1, 0.15) is 11.1 Å². The summed E-state index contributed by atoms with van der Waals surface area (Å²) in [6.45, 7) is 0. The molecule has 0 heterocycles. The molecule has 0 aliphatic rings. The summed E-state index contributed by atoms with van der Waals surface area (Å²) < 4.78 is 13.3. The SMILES string of the molecule is N#Cc1cc(Br)c(C#N)cc1F. The third-order valence-electron chi connectivity index (χ3n) is 1.30. The predicted octanol–water partition coefficient (Wildman–Crippen LogP) is 2.33. The summed E-state index contributed by atoms with van der Waals surface area (Å²) in [5.41, 5.74) is 0.118. The van der Waals surface area contributed by atoms with E-state index in [0.29, 0.717) is 4.47 Å². The molecule has 0 radical (unpaired) electrons. The molecule has 0 aliphatic carbocycles. The zero-order chi connectivity index (χ0) is 9.14. The largest absolute Gasteiger partial charge is 0.205 e. The lowest BCUT2D eigenvalue weighted by Gasteiger charge is -1.96. The molecule has 12 heavy (non-hydrogen) atoms. The van der Waals surface area contributed by atoms with Gasteiger partial charge in [-0.25, -0.2) is 4.39 Å². The van der Waals surface area contributed by atoms with Gasteiger partial charge in [-0.15, -0.1) is 0 Å². The standard InChI is InChI=1S/C8H2BrFN2/c9-7-1-6(4-12)8(10)2-5(7)3-11/h1-2H.